The molecule has 0 aromatic heterocycles. The van der Waals surface area contributed by atoms with Gasteiger partial charge in [-0.1, -0.05) is 18.2 Å². The van der Waals surface area contributed by atoms with E-state index in [2.05, 4.69) is 5.32 Å². The zero-order valence-corrected chi connectivity index (χ0v) is 17.5. The maximum absolute atomic E-state index is 13.0. The number of carbonyl (C=O) groups is 3. The number of carbonyl (C=O) groups excluding carboxylic acids is 3. The van der Waals surface area contributed by atoms with Gasteiger partial charge >= 0.3 is 0 Å². The molecule has 1 N–H and O–H groups in total. The van der Waals surface area contributed by atoms with Crippen LogP contribution < -0.4 is 5.32 Å². The summed E-state index contributed by atoms with van der Waals surface area (Å²) in [6.45, 7) is 2.10. The summed E-state index contributed by atoms with van der Waals surface area (Å²) in [5.41, 5.74) is 2.06. The van der Waals surface area contributed by atoms with E-state index in [0.717, 1.165) is 27.1 Å². The smallest absolute Gasteiger partial charge is 0.293 e. The molecule has 0 saturated carbocycles. The van der Waals surface area contributed by atoms with Gasteiger partial charge in [0.05, 0.1) is 4.91 Å². The number of nitrogens with zero attached hydrogens (tertiary/aromatic N) is 1. The summed E-state index contributed by atoms with van der Waals surface area (Å²) < 4.78 is 13.0. The molecule has 8 heteroatoms. The molecule has 0 aliphatic carbocycles. The van der Waals surface area contributed by atoms with Crippen molar-refractivity contribution in [3.8, 4) is 0 Å². The minimum absolute atomic E-state index is 0.0818. The first kappa shape index (κ1) is 21.1. The highest BCUT2D eigenvalue weighted by Crippen LogP contribution is 2.31. The highest BCUT2D eigenvalue weighted by atomic mass is 32.2. The SMILES string of the molecule is CSc1ccc(C)c(C(=O)NCCN2C(=O)S/C(=C/c3ccc(F)cc3)C2=O)c1. The molecule has 0 unspecified atom stereocenters. The number of hydrogen-bond acceptors (Lipinski definition) is 5. The van der Waals surface area contributed by atoms with Gasteiger partial charge in [0, 0.05) is 23.5 Å². The second-order valence-electron chi connectivity index (χ2n) is 6.32. The molecule has 0 spiro atoms. The molecule has 3 amide bonds. The second-order valence-corrected chi connectivity index (χ2v) is 8.19. The first-order valence-electron chi connectivity index (χ1n) is 8.83. The predicted octanol–water partition coefficient (Wildman–Crippen LogP) is 4.32. The van der Waals surface area contributed by atoms with Crippen LogP contribution in [0.4, 0.5) is 9.18 Å². The molecule has 150 valence electrons. The number of amides is 3. The van der Waals surface area contributed by atoms with Crippen molar-refractivity contribution in [2.75, 3.05) is 19.3 Å². The molecule has 29 heavy (non-hydrogen) atoms. The van der Waals surface area contributed by atoms with E-state index in [4.69, 9.17) is 0 Å². The summed E-state index contributed by atoms with van der Waals surface area (Å²) >= 11 is 2.38. The van der Waals surface area contributed by atoms with E-state index in [-0.39, 0.29) is 29.7 Å². The van der Waals surface area contributed by atoms with Crippen LogP contribution >= 0.6 is 23.5 Å². The van der Waals surface area contributed by atoms with Crippen molar-refractivity contribution in [2.24, 2.45) is 0 Å². The van der Waals surface area contributed by atoms with E-state index < -0.39 is 11.1 Å². The van der Waals surface area contributed by atoms with Crippen molar-refractivity contribution >= 4 is 46.7 Å². The standard InChI is InChI=1S/C21H19FN2O3S2/c1-13-3-8-16(28-2)12-17(13)19(25)23-9-10-24-20(26)18(29-21(24)27)11-14-4-6-15(22)7-5-14/h3-8,11-12H,9-10H2,1-2H3,(H,23,25)/b18-11+. The fraction of sp³-hybridized carbons (Fsp3) is 0.190. The van der Waals surface area contributed by atoms with Gasteiger partial charge in [-0.05, 0) is 66.4 Å². The Morgan fingerprint density at radius 2 is 1.93 bits per heavy atom. The van der Waals surface area contributed by atoms with Crippen LogP contribution in [0.25, 0.3) is 6.08 Å². The molecule has 5 nitrogen and oxygen atoms in total. The fourth-order valence-electron chi connectivity index (χ4n) is 2.75. The lowest BCUT2D eigenvalue weighted by molar-refractivity contribution is -0.122. The lowest BCUT2D eigenvalue weighted by Crippen LogP contribution is -2.37. The number of rotatable bonds is 6. The molecule has 1 saturated heterocycles. The summed E-state index contributed by atoms with van der Waals surface area (Å²) in [4.78, 5) is 39.5. The van der Waals surface area contributed by atoms with Crippen molar-refractivity contribution in [1.82, 2.24) is 10.2 Å². The number of aryl methyl sites for hydroxylation is 1. The number of imide groups is 1. The summed E-state index contributed by atoms with van der Waals surface area (Å²) in [7, 11) is 0. The van der Waals surface area contributed by atoms with Crippen LogP contribution in [0.15, 0.2) is 52.3 Å². The first-order chi connectivity index (χ1) is 13.9. The molecule has 2 aromatic carbocycles. The van der Waals surface area contributed by atoms with Gasteiger partial charge in [0.1, 0.15) is 5.82 Å². The molecule has 0 radical (unpaired) electrons. The molecule has 1 fully saturated rings. The van der Waals surface area contributed by atoms with Crippen molar-refractivity contribution in [3.63, 3.8) is 0 Å². The summed E-state index contributed by atoms with van der Waals surface area (Å²) in [5, 5.41) is 2.37. The molecule has 1 aliphatic heterocycles. The highest BCUT2D eigenvalue weighted by molar-refractivity contribution is 8.18. The number of hydrogen-bond donors (Lipinski definition) is 1. The van der Waals surface area contributed by atoms with Gasteiger partial charge in [-0.3, -0.25) is 19.3 Å². The van der Waals surface area contributed by atoms with Crippen LogP contribution in [0.5, 0.6) is 0 Å². The number of nitrogens with one attached hydrogen (secondary N) is 1. The van der Waals surface area contributed by atoms with Gasteiger partial charge in [-0.2, -0.15) is 0 Å². The third-order valence-corrected chi connectivity index (χ3v) is 5.98. The van der Waals surface area contributed by atoms with E-state index >= 15 is 0 Å². The normalized spacial score (nSPS) is 15.3. The number of thioether (sulfide) groups is 2. The Balaban J connectivity index is 1.61. The van der Waals surface area contributed by atoms with Gasteiger partial charge in [-0.25, -0.2) is 4.39 Å². The number of halogens is 1. The fourth-order valence-corrected chi connectivity index (χ4v) is 4.06. The van der Waals surface area contributed by atoms with Crippen molar-refractivity contribution in [2.45, 2.75) is 11.8 Å². The zero-order chi connectivity index (χ0) is 21.0. The molecule has 0 bridgehead atoms. The summed E-state index contributed by atoms with van der Waals surface area (Å²) in [5.74, 6) is -1.03. The van der Waals surface area contributed by atoms with Crippen LogP contribution in [0.3, 0.4) is 0 Å². The molecule has 1 aliphatic rings. The average molecular weight is 431 g/mol. The predicted molar refractivity (Wildman–Crippen MR) is 114 cm³/mol. The third kappa shape index (κ3) is 5.07. The minimum Gasteiger partial charge on any atom is -0.350 e. The van der Waals surface area contributed by atoms with Gasteiger partial charge < -0.3 is 5.32 Å². The maximum atomic E-state index is 13.0. The van der Waals surface area contributed by atoms with E-state index in [1.807, 2.05) is 31.4 Å². The maximum Gasteiger partial charge on any atom is 0.293 e. The monoisotopic (exact) mass is 430 g/mol. The lowest BCUT2D eigenvalue weighted by atomic mass is 10.1. The van der Waals surface area contributed by atoms with Crippen molar-refractivity contribution < 1.29 is 18.8 Å². The third-order valence-electron chi connectivity index (χ3n) is 4.35. The van der Waals surface area contributed by atoms with Crippen LogP contribution in [0, 0.1) is 12.7 Å². The Kier molecular flexibility index (Phi) is 6.76. The van der Waals surface area contributed by atoms with E-state index in [1.165, 1.54) is 24.3 Å². The van der Waals surface area contributed by atoms with Crippen molar-refractivity contribution in [1.29, 1.82) is 0 Å². The Hall–Kier alpha value is -2.58. The first-order valence-corrected chi connectivity index (χ1v) is 10.9. The lowest BCUT2D eigenvalue weighted by Gasteiger charge is -2.14. The van der Waals surface area contributed by atoms with E-state index in [0.29, 0.717) is 11.1 Å². The van der Waals surface area contributed by atoms with Crippen molar-refractivity contribution in [3.05, 3.63) is 69.9 Å². The molecule has 1 heterocycles. The van der Waals surface area contributed by atoms with Gasteiger partial charge in [0.15, 0.2) is 0 Å². The molecule has 3 rings (SSSR count). The van der Waals surface area contributed by atoms with E-state index in [1.54, 1.807) is 17.8 Å². The van der Waals surface area contributed by atoms with Crippen LogP contribution in [0.1, 0.15) is 21.5 Å². The minimum atomic E-state index is -0.417. The molecule has 0 atom stereocenters. The highest BCUT2D eigenvalue weighted by Gasteiger charge is 2.34. The van der Waals surface area contributed by atoms with Gasteiger partial charge in [0.2, 0.25) is 0 Å². The zero-order valence-electron chi connectivity index (χ0n) is 15.9. The van der Waals surface area contributed by atoms with Gasteiger partial charge in [0.25, 0.3) is 17.1 Å². The largest absolute Gasteiger partial charge is 0.350 e. The van der Waals surface area contributed by atoms with E-state index in [9.17, 15) is 18.8 Å². The van der Waals surface area contributed by atoms with Gasteiger partial charge in [-0.15, -0.1) is 11.8 Å². The second kappa shape index (κ2) is 9.28. The molecule has 2 aromatic rings. The molecular weight excluding hydrogens is 411 g/mol. The Morgan fingerprint density at radius 1 is 1.21 bits per heavy atom. The summed E-state index contributed by atoms with van der Waals surface area (Å²) in [6.07, 6.45) is 3.49. The average Bonchev–Trinajstić information content (AvgIpc) is 2.97. The van der Waals surface area contributed by atoms with Crippen LogP contribution in [0.2, 0.25) is 0 Å². The quantitative estimate of drug-likeness (QED) is 0.546. The summed E-state index contributed by atoms with van der Waals surface area (Å²) in [6, 6.07) is 11.3. The van der Waals surface area contributed by atoms with Crippen LogP contribution in [-0.2, 0) is 4.79 Å². The Labute approximate surface area is 176 Å². The topological polar surface area (TPSA) is 66.5 Å². The number of benzene rings is 2. The Morgan fingerprint density at radius 3 is 2.62 bits per heavy atom. The Bertz CT molecular complexity index is 990. The van der Waals surface area contributed by atoms with Crippen LogP contribution in [-0.4, -0.2) is 41.3 Å². The molecular formula is C21H19FN2O3S2.